The predicted molar refractivity (Wildman–Crippen MR) is 126 cm³/mol. The molecule has 0 saturated carbocycles. The molecule has 32 heavy (non-hydrogen) atoms. The third-order valence-corrected chi connectivity index (χ3v) is 5.16. The largest absolute Gasteiger partial charge is 0.422 e. The number of aromatic nitrogens is 2. The summed E-state index contributed by atoms with van der Waals surface area (Å²) < 4.78 is 17.3. The molecular formula is C27H24FN4+. The molecule has 0 N–H and O–H groups in total. The van der Waals surface area contributed by atoms with Gasteiger partial charge in [-0.05, 0) is 46.5 Å². The lowest BCUT2D eigenvalue weighted by atomic mass is 10.1. The van der Waals surface area contributed by atoms with E-state index in [1.807, 2.05) is 57.9 Å². The second kappa shape index (κ2) is 9.79. The third kappa shape index (κ3) is 5.13. The van der Waals surface area contributed by atoms with Gasteiger partial charge in [0.05, 0.1) is 25.5 Å². The second-order valence-electron chi connectivity index (χ2n) is 7.42. The van der Waals surface area contributed by atoms with Crippen molar-refractivity contribution < 1.29 is 8.96 Å². The fraction of sp³-hybridized carbons (Fsp3) is 0.0741. The number of azo groups is 1. The quantitative estimate of drug-likeness (QED) is 0.223. The number of nitrogens with zero attached hydrogens (tertiary/aromatic N) is 4. The van der Waals surface area contributed by atoms with Crippen molar-refractivity contribution >= 4 is 23.8 Å². The fourth-order valence-corrected chi connectivity index (χ4v) is 3.34. The Hall–Kier alpha value is -4.12. The number of halogens is 1. The second-order valence-corrected chi connectivity index (χ2v) is 7.42. The van der Waals surface area contributed by atoms with Gasteiger partial charge in [0.25, 0.3) is 0 Å². The number of imidazole rings is 1. The molecule has 1 heterocycles. The average Bonchev–Trinajstić information content (AvgIpc) is 3.20. The molecule has 0 radical (unpaired) electrons. The first-order valence-corrected chi connectivity index (χ1v) is 10.3. The minimum absolute atomic E-state index is 0.298. The van der Waals surface area contributed by atoms with Crippen molar-refractivity contribution in [1.82, 2.24) is 4.57 Å². The summed E-state index contributed by atoms with van der Waals surface area (Å²) in [6.45, 7) is 8.91. The van der Waals surface area contributed by atoms with Gasteiger partial charge in [-0.15, -0.1) is 0 Å². The van der Waals surface area contributed by atoms with Crippen molar-refractivity contribution in [2.45, 2.75) is 13.1 Å². The Kier molecular flexibility index (Phi) is 6.46. The molecule has 0 fully saturated rings. The summed E-state index contributed by atoms with van der Waals surface area (Å²) in [5, 5.41) is 8.86. The van der Waals surface area contributed by atoms with Gasteiger partial charge in [0, 0.05) is 5.11 Å². The molecule has 0 aliphatic heterocycles. The fourth-order valence-electron chi connectivity index (χ4n) is 3.34. The molecule has 0 unspecified atom stereocenters. The maximum absolute atomic E-state index is 13.2. The van der Waals surface area contributed by atoms with Crippen LogP contribution in [0.3, 0.4) is 0 Å². The van der Waals surface area contributed by atoms with Gasteiger partial charge in [0.15, 0.2) is 0 Å². The third-order valence-electron chi connectivity index (χ3n) is 5.16. The highest BCUT2D eigenvalue weighted by Crippen LogP contribution is 2.19. The SMILES string of the molecule is C=Cc1ccc(Cn2cc[n+](Cc3ccc(C=C)cc3)c2N=Nc2ccc(F)cc2)cc1. The van der Waals surface area contributed by atoms with E-state index in [4.69, 9.17) is 0 Å². The van der Waals surface area contributed by atoms with Crippen molar-refractivity contribution in [3.05, 3.63) is 126 Å². The zero-order valence-electron chi connectivity index (χ0n) is 17.7. The van der Waals surface area contributed by atoms with Crippen molar-refractivity contribution in [1.29, 1.82) is 0 Å². The summed E-state index contributed by atoms with van der Waals surface area (Å²) in [6.07, 6.45) is 7.65. The van der Waals surface area contributed by atoms with Crippen LogP contribution in [-0.4, -0.2) is 4.57 Å². The molecule has 0 spiro atoms. The minimum atomic E-state index is -0.298. The lowest BCUT2D eigenvalue weighted by molar-refractivity contribution is -0.674. The van der Waals surface area contributed by atoms with Crippen LogP contribution < -0.4 is 4.57 Å². The van der Waals surface area contributed by atoms with Crippen LogP contribution in [0.1, 0.15) is 22.3 Å². The molecule has 5 heteroatoms. The molecule has 4 rings (SSSR count). The maximum atomic E-state index is 13.2. The Bertz CT molecular complexity index is 1160. The van der Waals surface area contributed by atoms with Gasteiger partial charge < -0.3 is 0 Å². The van der Waals surface area contributed by atoms with Gasteiger partial charge >= 0.3 is 5.95 Å². The van der Waals surface area contributed by atoms with E-state index in [0.29, 0.717) is 24.7 Å². The standard InChI is InChI=1S/C27H24FN4/c1-3-21-5-9-23(10-6-21)19-31-17-18-32(20-24-11-7-22(4-2)8-12-24)27(31)30-29-26-15-13-25(28)14-16-26/h3-18H,1-2,19-20H2/q+1. The monoisotopic (exact) mass is 423 g/mol. The minimum Gasteiger partial charge on any atom is -0.226 e. The molecular weight excluding hydrogens is 399 g/mol. The Labute approximate surface area is 187 Å². The molecule has 0 aliphatic rings. The van der Waals surface area contributed by atoms with Gasteiger partial charge in [0.2, 0.25) is 0 Å². The van der Waals surface area contributed by atoms with E-state index in [1.165, 1.54) is 12.1 Å². The normalized spacial score (nSPS) is 11.0. The van der Waals surface area contributed by atoms with Crippen molar-refractivity contribution in [2.24, 2.45) is 10.2 Å². The van der Waals surface area contributed by atoms with Gasteiger partial charge in [-0.2, -0.15) is 0 Å². The predicted octanol–water partition coefficient (Wildman–Crippen LogP) is 6.71. The Morgan fingerprint density at radius 1 is 0.781 bits per heavy atom. The van der Waals surface area contributed by atoms with Gasteiger partial charge in [-0.3, -0.25) is 0 Å². The molecule has 0 amide bonds. The Morgan fingerprint density at radius 3 is 1.97 bits per heavy atom. The number of rotatable bonds is 8. The first-order valence-electron chi connectivity index (χ1n) is 10.3. The van der Waals surface area contributed by atoms with Crippen molar-refractivity contribution in [3.63, 3.8) is 0 Å². The summed E-state index contributed by atoms with van der Waals surface area (Å²) in [4.78, 5) is 0. The van der Waals surface area contributed by atoms with Crippen LogP contribution >= 0.6 is 0 Å². The van der Waals surface area contributed by atoms with Crippen LogP contribution in [0, 0.1) is 5.82 Å². The van der Waals surface area contributed by atoms with E-state index in [-0.39, 0.29) is 5.82 Å². The zero-order valence-corrected chi connectivity index (χ0v) is 17.7. The highest BCUT2D eigenvalue weighted by atomic mass is 19.1. The van der Waals surface area contributed by atoms with Crippen LogP contribution in [-0.2, 0) is 13.1 Å². The lowest BCUT2D eigenvalue weighted by Crippen LogP contribution is -2.32. The van der Waals surface area contributed by atoms with E-state index >= 15 is 0 Å². The summed E-state index contributed by atoms with van der Waals surface area (Å²) in [7, 11) is 0. The van der Waals surface area contributed by atoms with Crippen molar-refractivity contribution in [3.8, 4) is 0 Å². The molecule has 3 aromatic carbocycles. The first kappa shape index (κ1) is 21.1. The Morgan fingerprint density at radius 2 is 1.38 bits per heavy atom. The molecule has 0 atom stereocenters. The van der Waals surface area contributed by atoms with Crippen LogP contribution in [0.4, 0.5) is 16.0 Å². The molecule has 4 nitrogen and oxygen atoms in total. The number of benzene rings is 3. The molecule has 158 valence electrons. The van der Waals surface area contributed by atoms with Gasteiger partial charge in [-0.1, -0.05) is 79.0 Å². The zero-order chi connectivity index (χ0) is 22.3. The van der Waals surface area contributed by atoms with Crippen LogP contribution in [0.15, 0.2) is 109 Å². The lowest BCUT2D eigenvalue weighted by Gasteiger charge is -2.03. The first-order chi connectivity index (χ1) is 15.6. The number of hydrogen-bond donors (Lipinski definition) is 0. The van der Waals surface area contributed by atoms with Crippen LogP contribution in [0.25, 0.3) is 12.2 Å². The topological polar surface area (TPSA) is 33.5 Å². The molecule has 4 aromatic rings. The van der Waals surface area contributed by atoms with E-state index in [9.17, 15) is 4.39 Å². The van der Waals surface area contributed by atoms with E-state index in [0.717, 1.165) is 22.3 Å². The molecule has 0 saturated heterocycles. The van der Waals surface area contributed by atoms with Crippen molar-refractivity contribution in [2.75, 3.05) is 0 Å². The smallest absolute Gasteiger partial charge is 0.226 e. The number of hydrogen-bond acceptors (Lipinski definition) is 2. The maximum Gasteiger partial charge on any atom is 0.422 e. The molecule has 0 bridgehead atoms. The highest BCUT2D eigenvalue weighted by molar-refractivity contribution is 5.48. The average molecular weight is 424 g/mol. The summed E-state index contributed by atoms with van der Waals surface area (Å²) in [5.74, 6) is 0.406. The van der Waals surface area contributed by atoms with E-state index in [2.05, 4.69) is 47.7 Å². The molecule has 0 aliphatic carbocycles. The summed E-state index contributed by atoms with van der Waals surface area (Å²) in [5.41, 5.74) is 5.04. The highest BCUT2D eigenvalue weighted by Gasteiger charge is 2.18. The van der Waals surface area contributed by atoms with Crippen LogP contribution in [0.5, 0.6) is 0 Å². The van der Waals surface area contributed by atoms with Gasteiger partial charge in [-0.25, -0.2) is 13.5 Å². The summed E-state index contributed by atoms with van der Waals surface area (Å²) >= 11 is 0. The molecule has 1 aromatic heterocycles. The van der Waals surface area contributed by atoms with Crippen LogP contribution in [0.2, 0.25) is 0 Å². The van der Waals surface area contributed by atoms with E-state index in [1.54, 1.807) is 12.1 Å². The Balaban J connectivity index is 1.65. The van der Waals surface area contributed by atoms with Gasteiger partial charge in [0.1, 0.15) is 11.5 Å². The summed E-state index contributed by atoms with van der Waals surface area (Å²) in [6, 6.07) is 22.5. The van der Waals surface area contributed by atoms with E-state index < -0.39 is 0 Å².